The van der Waals surface area contributed by atoms with Gasteiger partial charge in [-0.1, -0.05) is 29.3 Å². The molecule has 1 aliphatic rings. The first-order chi connectivity index (χ1) is 14.8. The maximum atomic E-state index is 13.1. The first kappa shape index (κ1) is 23.6. The van der Waals surface area contributed by atoms with Crippen molar-refractivity contribution >= 4 is 39.2 Å². The Hall–Kier alpha value is -2.04. The standard InChI is InChI=1S/C20H21Cl2NO7S/c1-27-18-11-13(31(25,26)23-6-8-29-9-7-23)10-14(19(18)28-2)20(24)30-12-15-16(21)4-3-5-17(15)22/h3-5,10-11H,6-9,12H2,1-2H3. The van der Waals surface area contributed by atoms with Crippen LogP contribution in [-0.2, 0) is 26.1 Å². The SMILES string of the molecule is COc1cc(S(=O)(=O)N2CCOCC2)cc(C(=O)OCc2c(Cl)cccc2Cl)c1OC. The van der Waals surface area contributed by atoms with Gasteiger partial charge in [0.15, 0.2) is 11.5 Å². The fourth-order valence-electron chi connectivity index (χ4n) is 3.06. The van der Waals surface area contributed by atoms with Gasteiger partial charge in [-0.2, -0.15) is 4.31 Å². The molecular formula is C20H21Cl2NO7S. The Morgan fingerprint density at radius 2 is 1.74 bits per heavy atom. The molecular weight excluding hydrogens is 469 g/mol. The van der Waals surface area contributed by atoms with Crippen molar-refractivity contribution in [3.63, 3.8) is 0 Å². The molecule has 1 heterocycles. The summed E-state index contributed by atoms with van der Waals surface area (Å²) < 4.78 is 48.6. The predicted octanol–water partition coefficient (Wildman–Crippen LogP) is 3.39. The molecule has 2 aromatic rings. The number of morpholine rings is 1. The van der Waals surface area contributed by atoms with Crippen molar-refractivity contribution in [2.45, 2.75) is 11.5 Å². The van der Waals surface area contributed by atoms with E-state index in [4.69, 9.17) is 42.1 Å². The number of carbonyl (C=O) groups is 1. The van der Waals surface area contributed by atoms with Crippen LogP contribution in [0.5, 0.6) is 11.5 Å². The molecule has 31 heavy (non-hydrogen) atoms. The van der Waals surface area contributed by atoms with E-state index in [1.54, 1.807) is 18.2 Å². The summed E-state index contributed by atoms with van der Waals surface area (Å²) in [6.45, 7) is 0.798. The largest absolute Gasteiger partial charge is 0.493 e. The van der Waals surface area contributed by atoms with Crippen LogP contribution in [0, 0.1) is 0 Å². The minimum absolute atomic E-state index is 0.0543. The number of benzene rings is 2. The monoisotopic (exact) mass is 489 g/mol. The fourth-order valence-corrected chi connectivity index (χ4v) is 5.02. The van der Waals surface area contributed by atoms with Gasteiger partial charge in [-0.3, -0.25) is 0 Å². The van der Waals surface area contributed by atoms with Crippen molar-refractivity contribution in [1.29, 1.82) is 0 Å². The molecule has 0 unspecified atom stereocenters. The van der Waals surface area contributed by atoms with E-state index in [2.05, 4.69) is 0 Å². The van der Waals surface area contributed by atoms with Crippen LogP contribution >= 0.6 is 23.2 Å². The van der Waals surface area contributed by atoms with Gasteiger partial charge in [0.25, 0.3) is 0 Å². The zero-order chi connectivity index (χ0) is 22.6. The van der Waals surface area contributed by atoms with E-state index in [9.17, 15) is 13.2 Å². The highest BCUT2D eigenvalue weighted by molar-refractivity contribution is 7.89. The lowest BCUT2D eigenvalue weighted by molar-refractivity contribution is 0.0468. The van der Waals surface area contributed by atoms with E-state index in [-0.39, 0.29) is 41.7 Å². The Labute approximate surface area is 190 Å². The number of halogens is 2. The Kier molecular flexibility index (Phi) is 7.66. The first-order valence-corrected chi connectivity index (χ1v) is 11.4. The lowest BCUT2D eigenvalue weighted by Crippen LogP contribution is -2.40. The van der Waals surface area contributed by atoms with Crippen molar-refractivity contribution in [3.05, 3.63) is 51.5 Å². The van der Waals surface area contributed by atoms with Crippen molar-refractivity contribution in [1.82, 2.24) is 4.31 Å². The summed E-state index contributed by atoms with van der Waals surface area (Å²) in [5, 5.41) is 0.682. The summed E-state index contributed by atoms with van der Waals surface area (Å²) in [7, 11) is -1.20. The lowest BCUT2D eigenvalue weighted by atomic mass is 10.2. The normalized spacial score (nSPS) is 14.8. The number of sulfonamides is 1. The van der Waals surface area contributed by atoms with E-state index in [0.29, 0.717) is 28.8 Å². The number of hydrogen-bond donors (Lipinski definition) is 0. The topological polar surface area (TPSA) is 91.4 Å². The van der Waals surface area contributed by atoms with Crippen LogP contribution in [0.4, 0.5) is 0 Å². The summed E-state index contributed by atoms with van der Waals surface area (Å²) in [5.41, 5.74) is 0.332. The van der Waals surface area contributed by atoms with Crippen LogP contribution in [0.1, 0.15) is 15.9 Å². The highest BCUT2D eigenvalue weighted by atomic mass is 35.5. The van der Waals surface area contributed by atoms with Crippen LogP contribution < -0.4 is 9.47 Å². The number of ether oxygens (including phenoxy) is 4. The molecule has 0 atom stereocenters. The molecule has 8 nitrogen and oxygen atoms in total. The molecule has 168 valence electrons. The van der Waals surface area contributed by atoms with Crippen LogP contribution in [0.15, 0.2) is 35.2 Å². The highest BCUT2D eigenvalue weighted by Crippen LogP contribution is 2.36. The van der Waals surface area contributed by atoms with Gasteiger partial charge < -0.3 is 18.9 Å². The van der Waals surface area contributed by atoms with Gasteiger partial charge >= 0.3 is 5.97 Å². The number of esters is 1. The number of rotatable bonds is 7. The molecule has 0 spiro atoms. The van der Waals surface area contributed by atoms with Crippen molar-refractivity contribution in [2.75, 3.05) is 40.5 Å². The van der Waals surface area contributed by atoms with E-state index >= 15 is 0 Å². The van der Waals surface area contributed by atoms with Crippen LogP contribution in [0.2, 0.25) is 10.0 Å². The maximum Gasteiger partial charge on any atom is 0.342 e. The third-order valence-electron chi connectivity index (χ3n) is 4.69. The maximum absolute atomic E-state index is 13.1. The Morgan fingerprint density at radius 3 is 2.32 bits per heavy atom. The molecule has 0 radical (unpaired) electrons. The second-order valence-corrected chi connectivity index (χ2v) is 9.25. The second-order valence-electron chi connectivity index (χ2n) is 6.50. The molecule has 0 amide bonds. The molecule has 11 heteroatoms. The first-order valence-electron chi connectivity index (χ1n) is 9.23. The zero-order valence-corrected chi connectivity index (χ0v) is 19.2. The molecule has 0 saturated carbocycles. The van der Waals surface area contributed by atoms with Gasteiger partial charge in [0.2, 0.25) is 10.0 Å². The quantitative estimate of drug-likeness (QED) is 0.550. The Morgan fingerprint density at radius 1 is 1.10 bits per heavy atom. The molecule has 0 N–H and O–H groups in total. The molecule has 3 rings (SSSR count). The summed E-state index contributed by atoms with van der Waals surface area (Å²) in [5.74, 6) is -0.677. The lowest BCUT2D eigenvalue weighted by Gasteiger charge is -2.26. The van der Waals surface area contributed by atoms with Gasteiger partial charge in [0, 0.05) is 34.8 Å². The predicted molar refractivity (Wildman–Crippen MR) is 115 cm³/mol. The Bertz CT molecular complexity index is 1050. The number of methoxy groups -OCH3 is 2. The minimum Gasteiger partial charge on any atom is -0.493 e. The van der Waals surface area contributed by atoms with Gasteiger partial charge in [0.1, 0.15) is 12.2 Å². The summed E-state index contributed by atoms with van der Waals surface area (Å²) in [6, 6.07) is 7.43. The molecule has 0 aliphatic carbocycles. The number of carbonyl (C=O) groups excluding carboxylic acids is 1. The third-order valence-corrected chi connectivity index (χ3v) is 7.27. The molecule has 1 saturated heterocycles. The highest BCUT2D eigenvalue weighted by Gasteiger charge is 2.30. The second kappa shape index (κ2) is 10.1. The fraction of sp³-hybridized carbons (Fsp3) is 0.350. The molecule has 0 aromatic heterocycles. The molecule has 2 aromatic carbocycles. The van der Waals surface area contributed by atoms with Crippen LogP contribution in [-0.4, -0.2) is 59.2 Å². The van der Waals surface area contributed by atoms with E-state index in [1.807, 2.05) is 0 Å². The van der Waals surface area contributed by atoms with Gasteiger partial charge in [0.05, 0.1) is 32.3 Å². The zero-order valence-electron chi connectivity index (χ0n) is 16.9. The van der Waals surface area contributed by atoms with Crippen molar-refractivity contribution in [2.24, 2.45) is 0 Å². The van der Waals surface area contributed by atoms with Crippen molar-refractivity contribution in [3.8, 4) is 11.5 Å². The van der Waals surface area contributed by atoms with Crippen molar-refractivity contribution < 1.29 is 32.2 Å². The van der Waals surface area contributed by atoms with Gasteiger partial charge in [-0.15, -0.1) is 0 Å². The summed E-state index contributed by atoms with van der Waals surface area (Å²) in [4.78, 5) is 12.8. The Balaban J connectivity index is 1.96. The van der Waals surface area contributed by atoms with Gasteiger partial charge in [-0.05, 0) is 18.2 Å². The summed E-state index contributed by atoms with van der Waals surface area (Å²) in [6.07, 6.45) is 0. The van der Waals surface area contributed by atoms with Crippen LogP contribution in [0.3, 0.4) is 0 Å². The minimum atomic E-state index is -3.89. The average molecular weight is 490 g/mol. The third kappa shape index (κ3) is 5.07. The molecule has 0 bridgehead atoms. The van der Waals surface area contributed by atoms with Gasteiger partial charge in [-0.25, -0.2) is 13.2 Å². The number of hydrogen-bond acceptors (Lipinski definition) is 7. The summed E-state index contributed by atoms with van der Waals surface area (Å²) >= 11 is 12.2. The van der Waals surface area contributed by atoms with E-state index < -0.39 is 16.0 Å². The smallest absolute Gasteiger partial charge is 0.342 e. The molecule has 1 aliphatic heterocycles. The van der Waals surface area contributed by atoms with Crippen LogP contribution in [0.25, 0.3) is 0 Å². The van der Waals surface area contributed by atoms with E-state index in [0.717, 1.165) is 0 Å². The molecule has 1 fully saturated rings. The van der Waals surface area contributed by atoms with E-state index in [1.165, 1.54) is 30.7 Å². The average Bonchev–Trinajstić information content (AvgIpc) is 2.78. The number of nitrogens with zero attached hydrogens (tertiary/aromatic N) is 1.